The molecule has 1 aromatic heterocycles. The van der Waals surface area contributed by atoms with E-state index in [1.807, 2.05) is 6.07 Å². The first kappa shape index (κ1) is 23.0. The van der Waals surface area contributed by atoms with Crippen molar-refractivity contribution in [3.05, 3.63) is 65.4 Å². The van der Waals surface area contributed by atoms with E-state index in [0.717, 1.165) is 16.5 Å². The molecule has 33 heavy (non-hydrogen) atoms. The minimum atomic E-state index is -1.60. The van der Waals surface area contributed by atoms with Crippen molar-refractivity contribution in [2.24, 2.45) is 0 Å². The lowest BCUT2D eigenvalue weighted by atomic mass is 9.89. The molecule has 1 aliphatic rings. The van der Waals surface area contributed by atoms with Gasteiger partial charge in [-0.3, -0.25) is 4.79 Å². The Morgan fingerprint density at radius 3 is 2.61 bits per heavy atom. The molecule has 3 aromatic rings. The number of allylic oxidation sites excluding steroid dienone is 1. The number of carbonyl (C=O) groups is 1. The Kier molecular flexibility index (Phi) is 6.50. The van der Waals surface area contributed by atoms with Crippen molar-refractivity contribution in [2.45, 2.75) is 30.5 Å². The van der Waals surface area contributed by atoms with Crippen molar-refractivity contribution >= 4 is 22.8 Å². The van der Waals surface area contributed by atoms with Crippen molar-refractivity contribution in [3.63, 3.8) is 0 Å². The highest BCUT2D eigenvalue weighted by atomic mass is 16.5. The van der Waals surface area contributed by atoms with Crippen LogP contribution < -0.4 is 4.74 Å². The van der Waals surface area contributed by atoms with E-state index in [0.29, 0.717) is 0 Å². The lowest BCUT2D eigenvalue weighted by Crippen LogP contribution is -2.55. The molecule has 0 bridgehead atoms. The summed E-state index contributed by atoms with van der Waals surface area (Å²) in [6.45, 7) is -0.600. The summed E-state index contributed by atoms with van der Waals surface area (Å²) in [4.78, 5) is 12.9. The van der Waals surface area contributed by atoms with Gasteiger partial charge in [-0.25, -0.2) is 0 Å². The van der Waals surface area contributed by atoms with Crippen LogP contribution in [0.4, 0.5) is 0 Å². The smallest absolute Gasteiger partial charge is 0.189 e. The minimum Gasteiger partial charge on any atom is -0.507 e. The van der Waals surface area contributed by atoms with Crippen LogP contribution in [0.3, 0.4) is 0 Å². The number of methoxy groups -OCH3 is 1. The molecule has 2 aromatic carbocycles. The van der Waals surface area contributed by atoms with Crippen LogP contribution in [0.1, 0.15) is 27.6 Å². The van der Waals surface area contributed by atoms with Gasteiger partial charge in [0.2, 0.25) is 0 Å². The summed E-state index contributed by atoms with van der Waals surface area (Å²) < 4.78 is 16.1. The Labute approximate surface area is 188 Å². The number of hydrogen-bond donors (Lipinski definition) is 5. The van der Waals surface area contributed by atoms with Gasteiger partial charge in [0.25, 0.3) is 0 Å². The molecule has 4 rings (SSSR count). The average molecular weight is 456 g/mol. The van der Waals surface area contributed by atoms with Crippen molar-refractivity contribution < 1.29 is 44.2 Å². The van der Waals surface area contributed by atoms with E-state index in [1.54, 1.807) is 30.5 Å². The summed E-state index contributed by atoms with van der Waals surface area (Å²) in [5.74, 6) is -0.767. The number of ether oxygens (including phenoxy) is 2. The van der Waals surface area contributed by atoms with Crippen LogP contribution in [-0.2, 0) is 4.74 Å². The van der Waals surface area contributed by atoms with Crippen molar-refractivity contribution in [1.82, 2.24) is 0 Å². The number of carbonyl (C=O) groups excluding carboxylic acids is 1. The second kappa shape index (κ2) is 9.34. The van der Waals surface area contributed by atoms with Crippen LogP contribution in [0.5, 0.6) is 11.5 Å². The Balaban J connectivity index is 1.66. The third kappa shape index (κ3) is 4.37. The number of hydrogen-bond acceptors (Lipinski definition) is 9. The number of benzene rings is 2. The standard InChI is InChI=1S/C24H24O9/c1-31-19-10-17(27)14(9-15(19)24-23(30)22(29)21(28)20(11-25)33-24)16(26)4-2-12-3-5-18-13(8-12)6-7-32-18/h2-10,20-25,27-30H,11H2,1H3/b4-2+/t20-,21-,22+,23-,24+/m1/s1. The summed E-state index contributed by atoms with van der Waals surface area (Å²) in [7, 11) is 1.33. The van der Waals surface area contributed by atoms with E-state index in [1.165, 1.54) is 25.3 Å². The molecular weight excluding hydrogens is 432 g/mol. The summed E-state index contributed by atoms with van der Waals surface area (Å²) >= 11 is 0. The molecule has 5 atom stereocenters. The number of aromatic hydroxyl groups is 1. The Hall–Kier alpha value is -3.21. The molecule has 0 unspecified atom stereocenters. The molecule has 9 heteroatoms. The van der Waals surface area contributed by atoms with Gasteiger partial charge in [-0.15, -0.1) is 0 Å². The van der Waals surface area contributed by atoms with Crippen LogP contribution >= 0.6 is 0 Å². The van der Waals surface area contributed by atoms with Gasteiger partial charge in [0, 0.05) is 17.0 Å². The number of rotatable bonds is 6. The lowest BCUT2D eigenvalue weighted by Gasteiger charge is -2.40. The normalized spacial score (nSPS) is 25.5. The van der Waals surface area contributed by atoms with E-state index >= 15 is 0 Å². The molecule has 1 saturated heterocycles. The van der Waals surface area contributed by atoms with Crippen molar-refractivity contribution in [3.8, 4) is 11.5 Å². The van der Waals surface area contributed by atoms with Gasteiger partial charge in [0.05, 0.1) is 25.5 Å². The first-order valence-electron chi connectivity index (χ1n) is 10.2. The topological polar surface area (TPSA) is 150 Å². The molecule has 2 heterocycles. The lowest BCUT2D eigenvalue weighted by molar-refractivity contribution is -0.232. The van der Waals surface area contributed by atoms with E-state index in [-0.39, 0.29) is 22.6 Å². The van der Waals surface area contributed by atoms with Gasteiger partial charge < -0.3 is 39.4 Å². The predicted molar refractivity (Wildman–Crippen MR) is 117 cm³/mol. The summed E-state index contributed by atoms with van der Waals surface area (Å²) in [5.41, 5.74) is 1.56. The fourth-order valence-corrected chi connectivity index (χ4v) is 3.89. The number of phenols is 1. The maximum absolute atomic E-state index is 12.9. The molecule has 0 amide bonds. The van der Waals surface area contributed by atoms with Crippen molar-refractivity contribution in [2.75, 3.05) is 13.7 Å². The Morgan fingerprint density at radius 1 is 1.09 bits per heavy atom. The quantitative estimate of drug-likeness (QED) is 0.275. The number of fused-ring (bicyclic) bond motifs is 1. The SMILES string of the molecule is COc1cc(O)c(C(=O)/C=C/c2ccc3occc3c2)cc1[C@@H]1O[C@H](CO)[C@@H](O)[C@H](O)[C@H]1O. The second-order valence-electron chi connectivity index (χ2n) is 7.78. The molecule has 174 valence electrons. The van der Waals surface area contributed by atoms with Gasteiger partial charge >= 0.3 is 0 Å². The predicted octanol–water partition coefficient (Wildman–Crippen LogP) is 1.56. The number of phenolic OH excluding ortho intramolecular Hbond substituents is 1. The second-order valence-corrected chi connectivity index (χ2v) is 7.78. The number of furan rings is 1. The molecule has 0 spiro atoms. The van der Waals surface area contributed by atoms with Crippen LogP contribution in [0.2, 0.25) is 0 Å². The first-order valence-corrected chi connectivity index (χ1v) is 10.2. The highest BCUT2D eigenvalue weighted by Gasteiger charge is 2.45. The largest absolute Gasteiger partial charge is 0.507 e. The molecule has 0 saturated carbocycles. The highest BCUT2D eigenvalue weighted by molar-refractivity contribution is 6.09. The van der Waals surface area contributed by atoms with Gasteiger partial charge in [-0.05, 0) is 35.9 Å². The molecule has 9 nitrogen and oxygen atoms in total. The van der Waals surface area contributed by atoms with E-state index in [9.17, 15) is 30.3 Å². The fourth-order valence-electron chi connectivity index (χ4n) is 3.89. The molecule has 1 fully saturated rings. The minimum absolute atomic E-state index is 0.0802. The van der Waals surface area contributed by atoms with E-state index in [4.69, 9.17) is 13.9 Å². The maximum Gasteiger partial charge on any atom is 0.189 e. The summed E-state index contributed by atoms with van der Waals surface area (Å²) in [6, 6.07) is 9.71. The number of aliphatic hydroxyl groups excluding tert-OH is 4. The van der Waals surface area contributed by atoms with Gasteiger partial charge in [0.15, 0.2) is 5.78 Å². The zero-order valence-electron chi connectivity index (χ0n) is 17.7. The summed E-state index contributed by atoms with van der Waals surface area (Å²) in [6.07, 6.45) is -2.61. The Bertz CT molecular complexity index is 1180. The zero-order valence-corrected chi connectivity index (χ0v) is 17.7. The molecule has 1 aliphatic heterocycles. The van der Waals surface area contributed by atoms with Gasteiger partial charge in [-0.1, -0.05) is 12.1 Å². The molecule has 0 radical (unpaired) electrons. The fraction of sp³-hybridized carbons (Fsp3) is 0.292. The van der Waals surface area contributed by atoms with Crippen LogP contribution in [0.25, 0.3) is 17.0 Å². The number of ketones is 1. The molecular formula is C24H24O9. The number of aliphatic hydroxyl groups is 4. The van der Waals surface area contributed by atoms with E-state index < -0.39 is 42.9 Å². The molecule has 0 aliphatic carbocycles. The summed E-state index contributed by atoms with van der Waals surface area (Å²) in [5, 5.41) is 51.4. The zero-order chi connectivity index (χ0) is 23.7. The van der Waals surface area contributed by atoms with Crippen LogP contribution in [0, 0.1) is 0 Å². The first-order chi connectivity index (χ1) is 15.8. The third-order valence-electron chi connectivity index (χ3n) is 5.72. The molecule has 5 N–H and O–H groups in total. The average Bonchev–Trinajstić information content (AvgIpc) is 3.29. The highest BCUT2D eigenvalue weighted by Crippen LogP contribution is 2.40. The van der Waals surface area contributed by atoms with Gasteiger partial charge in [0.1, 0.15) is 47.6 Å². The van der Waals surface area contributed by atoms with Crippen molar-refractivity contribution in [1.29, 1.82) is 0 Å². The van der Waals surface area contributed by atoms with E-state index in [2.05, 4.69) is 0 Å². The monoisotopic (exact) mass is 456 g/mol. The third-order valence-corrected chi connectivity index (χ3v) is 5.72. The Morgan fingerprint density at radius 2 is 1.88 bits per heavy atom. The van der Waals surface area contributed by atoms with Crippen LogP contribution in [0.15, 0.2) is 53.2 Å². The maximum atomic E-state index is 12.9. The van der Waals surface area contributed by atoms with Crippen LogP contribution in [-0.4, -0.2) is 69.4 Å². The van der Waals surface area contributed by atoms with Gasteiger partial charge in [-0.2, -0.15) is 0 Å².